The van der Waals surface area contributed by atoms with Crippen LogP contribution in [-0.2, 0) is 20.9 Å². The molecular weight excluding hydrogens is 342 g/mol. The minimum absolute atomic E-state index is 0.166. The van der Waals surface area contributed by atoms with Crippen LogP contribution >= 0.6 is 0 Å². The third-order valence-corrected chi connectivity index (χ3v) is 5.53. The van der Waals surface area contributed by atoms with E-state index in [-0.39, 0.29) is 36.1 Å². The maximum atomic E-state index is 12.8. The van der Waals surface area contributed by atoms with E-state index in [1.165, 1.54) is 4.90 Å². The molecule has 142 valence electrons. The van der Waals surface area contributed by atoms with Gasteiger partial charge in [-0.2, -0.15) is 5.26 Å². The lowest BCUT2D eigenvalue weighted by molar-refractivity contribution is -0.146. The molecule has 1 heterocycles. The topological polar surface area (TPSA) is 81.5 Å². The second-order valence-electron chi connectivity index (χ2n) is 7.38. The monoisotopic (exact) mass is 367 g/mol. The Morgan fingerprint density at radius 2 is 1.74 bits per heavy atom. The fourth-order valence-electron chi connectivity index (χ4n) is 4.09. The van der Waals surface area contributed by atoms with Crippen LogP contribution in [0.3, 0.4) is 0 Å². The van der Waals surface area contributed by atoms with Crippen molar-refractivity contribution in [1.29, 1.82) is 5.26 Å². The van der Waals surface area contributed by atoms with E-state index in [9.17, 15) is 14.4 Å². The first kappa shape index (κ1) is 19.1. The summed E-state index contributed by atoms with van der Waals surface area (Å²) in [7, 11) is 0. The van der Waals surface area contributed by atoms with Crippen molar-refractivity contribution < 1.29 is 14.4 Å². The van der Waals surface area contributed by atoms with Gasteiger partial charge in [0.1, 0.15) is 6.54 Å². The summed E-state index contributed by atoms with van der Waals surface area (Å²) in [6, 6.07) is 9.18. The van der Waals surface area contributed by atoms with Crippen LogP contribution in [0.2, 0.25) is 0 Å². The van der Waals surface area contributed by atoms with E-state index in [0.717, 1.165) is 37.7 Å². The molecule has 6 nitrogen and oxygen atoms in total. The molecule has 6 heteroatoms. The van der Waals surface area contributed by atoms with Crippen molar-refractivity contribution in [2.75, 3.05) is 13.1 Å². The maximum absolute atomic E-state index is 12.8. The lowest BCUT2D eigenvalue weighted by Gasteiger charge is -2.25. The number of hydrogen-bond donors (Lipinski definition) is 0. The Labute approximate surface area is 159 Å². The third-order valence-electron chi connectivity index (χ3n) is 5.53. The highest BCUT2D eigenvalue weighted by atomic mass is 16.2. The van der Waals surface area contributed by atoms with Gasteiger partial charge >= 0.3 is 0 Å². The van der Waals surface area contributed by atoms with Crippen LogP contribution in [0.4, 0.5) is 0 Å². The van der Waals surface area contributed by atoms with Gasteiger partial charge in [0.05, 0.1) is 23.5 Å². The second kappa shape index (κ2) is 8.34. The lowest BCUT2D eigenvalue weighted by atomic mass is 9.81. The molecule has 0 radical (unpaired) electrons. The summed E-state index contributed by atoms with van der Waals surface area (Å²) in [4.78, 5) is 40.9. The fourth-order valence-corrected chi connectivity index (χ4v) is 4.09. The van der Waals surface area contributed by atoms with Crippen LogP contribution in [0, 0.1) is 23.2 Å². The standard InChI is InChI=1S/C21H25N3O3/c1-2-11-23(13-16-9-7-15(12-22)8-10-16)19(25)14-24-20(26)17-5-3-4-6-18(17)21(24)27/h7-10,17-18H,2-6,11,13-14H2,1H3. The Bertz CT molecular complexity index is 742. The van der Waals surface area contributed by atoms with Crippen LogP contribution in [0.15, 0.2) is 24.3 Å². The number of amides is 3. The summed E-state index contributed by atoms with van der Waals surface area (Å²) in [5.41, 5.74) is 1.49. The molecule has 1 aliphatic carbocycles. The third kappa shape index (κ3) is 4.02. The number of benzene rings is 1. The number of imide groups is 1. The fraction of sp³-hybridized carbons (Fsp3) is 0.524. The molecule has 0 spiro atoms. The first-order valence-electron chi connectivity index (χ1n) is 9.67. The molecule has 1 aliphatic heterocycles. The van der Waals surface area contributed by atoms with Crippen LogP contribution in [0.1, 0.15) is 50.2 Å². The molecule has 0 bridgehead atoms. The first-order valence-corrected chi connectivity index (χ1v) is 9.67. The van der Waals surface area contributed by atoms with E-state index in [1.807, 2.05) is 19.1 Å². The lowest BCUT2D eigenvalue weighted by Crippen LogP contribution is -2.43. The minimum Gasteiger partial charge on any atom is -0.337 e. The summed E-state index contributed by atoms with van der Waals surface area (Å²) in [6.45, 7) is 2.78. The number of likely N-dealkylation sites (tertiary alicyclic amines) is 1. The van der Waals surface area contributed by atoms with Crippen molar-refractivity contribution in [2.24, 2.45) is 11.8 Å². The number of rotatable bonds is 6. The van der Waals surface area contributed by atoms with Crippen molar-refractivity contribution in [2.45, 2.75) is 45.6 Å². The molecule has 0 aromatic heterocycles. The van der Waals surface area contributed by atoms with Gasteiger partial charge in [-0.1, -0.05) is 31.9 Å². The second-order valence-corrected chi connectivity index (χ2v) is 7.38. The van der Waals surface area contributed by atoms with Gasteiger partial charge in [-0.15, -0.1) is 0 Å². The molecule has 3 rings (SSSR count). The summed E-state index contributed by atoms with van der Waals surface area (Å²) >= 11 is 0. The predicted octanol–water partition coefficient (Wildman–Crippen LogP) is 2.47. The minimum atomic E-state index is -0.225. The van der Waals surface area contributed by atoms with Crippen molar-refractivity contribution in [3.8, 4) is 6.07 Å². The Morgan fingerprint density at radius 1 is 1.15 bits per heavy atom. The quantitative estimate of drug-likeness (QED) is 0.723. The van der Waals surface area contributed by atoms with Gasteiger partial charge < -0.3 is 4.90 Å². The van der Waals surface area contributed by atoms with Gasteiger partial charge in [0.15, 0.2) is 0 Å². The van der Waals surface area contributed by atoms with Crippen LogP contribution in [0.25, 0.3) is 0 Å². The highest BCUT2D eigenvalue weighted by Crippen LogP contribution is 2.37. The molecule has 1 aromatic rings. The highest BCUT2D eigenvalue weighted by molar-refractivity contribution is 6.07. The van der Waals surface area contributed by atoms with Crippen molar-refractivity contribution >= 4 is 17.7 Å². The SMILES string of the molecule is CCCN(Cc1ccc(C#N)cc1)C(=O)CN1C(=O)C2CCCCC2C1=O. The van der Waals surface area contributed by atoms with Crippen LogP contribution in [0.5, 0.6) is 0 Å². The Kier molecular flexibility index (Phi) is 5.90. The van der Waals surface area contributed by atoms with E-state index in [4.69, 9.17) is 5.26 Å². The van der Waals surface area contributed by atoms with Gasteiger partial charge in [0, 0.05) is 13.1 Å². The molecule has 1 saturated carbocycles. The molecule has 1 aromatic carbocycles. The van der Waals surface area contributed by atoms with E-state index >= 15 is 0 Å². The van der Waals surface area contributed by atoms with Crippen LogP contribution < -0.4 is 0 Å². The van der Waals surface area contributed by atoms with Crippen molar-refractivity contribution in [3.63, 3.8) is 0 Å². The number of nitrogens with zero attached hydrogens (tertiary/aromatic N) is 3. The van der Waals surface area contributed by atoms with E-state index in [1.54, 1.807) is 17.0 Å². The summed E-state index contributed by atoms with van der Waals surface area (Å²) in [5.74, 6) is -1.00. The van der Waals surface area contributed by atoms with E-state index in [0.29, 0.717) is 18.7 Å². The summed E-state index contributed by atoms with van der Waals surface area (Å²) in [6.07, 6.45) is 4.24. The smallest absolute Gasteiger partial charge is 0.243 e. The molecule has 0 N–H and O–H groups in total. The maximum Gasteiger partial charge on any atom is 0.243 e. The van der Waals surface area contributed by atoms with Gasteiger partial charge in [-0.05, 0) is 37.0 Å². The molecular formula is C21H25N3O3. The number of carbonyl (C=O) groups is 3. The summed E-state index contributed by atoms with van der Waals surface area (Å²) < 4.78 is 0. The molecule has 2 fully saturated rings. The van der Waals surface area contributed by atoms with E-state index < -0.39 is 0 Å². The highest BCUT2D eigenvalue weighted by Gasteiger charge is 2.48. The molecule has 2 unspecified atom stereocenters. The number of hydrogen-bond acceptors (Lipinski definition) is 4. The van der Waals surface area contributed by atoms with Gasteiger partial charge in [0.2, 0.25) is 17.7 Å². The molecule has 27 heavy (non-hydrogen) atoms. The van der Waals surface area contributed by atoms with Gasteiger partial charge in [0.25, 0.3) is 0 Å². The molecule has 3 amide bonds. The normalized spacial score (nSPS) is 21.7. The average molecular weight is 367 g/mol. The number of fused-ring (bicyclic) bond motifs is 1. The Morgan fingerprint density at radius 3 is 2.26 bits per heavy atom. The van der Waals surface area contributed by atoms with Gasteiger partial charge in [-0.3, -0.25) is 19.3 Å². The Balaban J connectivity index is 1.68. The summed E-state index contributed by atoms with van der Waals surface area (Å²) in [5, 5.41) is 8.90. The molecule has 2 atom stereocenters. The zero-order valence-corrected chi connectivity index (χ0v) is 15.7. The van der Waals surface area contributed by atoms with Crippen molar-refractivity contribution in [1.82, 2.24) is 9.80 Å². The van der Waals surface area contributed by atoms with E-state index in [2.05, 4.69) is 6.07 Å². The zero-order valence-electron chi connectivity index (χ0n) is 15.7. The molecule has 1 saturated heterocycles. The first-order chi connectivity index (χ1) is 13.0. The number of nitriles is 1. The van der Waals surface area contributed by atoms with Crippen LogP contribution in [-0.4, -0.2) is 40.6 Å². The predicted molar refractivity (Wildman–Crippen MR) is 99.0 cm³/mol. The number of carbonyl (C=O) groups excluding carboxylic acids is 3. The Hall–Kier alpha value is -2.68. The van der Waals surface area contributed by atoms with Gasteiger partial charge in [-0.25, -0.2) is 0 Å². The largest absolute Gasteiger partial charge is 0.337 e. The zero-order chi connectivity index (χ0) is 19.4. The van der Waals surface area contributed by atoms with Crippen molar-refractivity contribution in [3.05, 3.63) is 35.4 Å². The average Bonchev–Trinajstić information content (AvgIpc) is 2.93. The molecule has 2 aliphatic rings.